The standard InChI is InChI=1S/2C17H20.C15H24.3C13H20.C12H15F3O.C11H16/c1-17(2,3)13-14-8-7-11-16(12-14)15-9-5-4-6-10-15;1-17(2,3)13-14-9-11-16(12-10-14)15-7-5-4-6-8-15;1-14(2,3)11-12-7-9-13(10-8-12)15(4,5)6;2*1-10-6-7-12(8-11(10)2)9-13(3,4)5;1-10-6-7-11(2)12(8-10)9-13(3,4)5;1-11(2,3)8-9-4-6-10(7-5-9)16-12(13,14)15;1-11(2,3)9-10-7-5-4-6-8-10/h2*4-12H,13H2,1-3H3;7-10H,11H2,1-6H3;3*6-8H,9H2,1-5H3;4-7H,8H2,1-3H3;4-8H,9H2,1-3H3. The predicted molar refractivity (Wildman–Crippen MR) is 501 cm³/mol. The van der Waals surface area contributed by atoms with Crippen LogP contribution in [0.15, 0.2) is 243 Å². The molecular formula is C111H155F3O. The van der Waals surface area contributed by atoms with Crippen LogP contribution in [0.5, 0.6) is 5.75 Å². The third kappa shape index (κ3) is 48.2. The van der Waals surface area contributed by atoms with Crippen molar-refractivity contribution in [3.63, 3.8) is 0 Å². The zero-order valence-corrected chi connectivity index (χ0v) is 78.3. The van der Waals surface area contributed by atoms with Gasteiger partial charge in [0.1, 0.15) is 5.75 Å². The van der Waals surface area contributed by atoms with Gasteiger partial charge in [0.2, 0.25) is 0 Å². The molecule has 0 fully saturated rings. The van der Waals surface area contributed by atoms with E-state index in [2.05, 4.69) is 452 Å². The molecule has 0 radical (unpaired) electrons. The van der Waals surface area contributed by atoms with Crippen molar-refractivity contribution in [1.29, 1.82) is 0 Å². The number of halogens is 3. The van der Waals surface area contributed by atoms with Crippen LogP contribution < -0.4 is 4.74 Å². The van der Waals surface area contributed by atoms with Crippen LogP contribution in [0.2, 0.25) is 0 Å². The zero-order chi connectivity index (χ0) is 87.2. The van der Waals surface area contributed by atoms with Crippen molar-refractivity contribution in [2.45, 2.75) is 292 Å². The van der Waals surface area contributed by atoms with Gasteiger partial charge in [-0.2, -0.15) is 0 Å². The van der Waals surface area contributed by atoms with Crippen molar-refractivity contribution in [3.8, 4) is 28.0 Å². The van der Waals surface area contributed by atoms with Crippen LogP contribution in [0, 0.1) is 84.9 Å². The van der Waals surface area contributed by atoms with E-state index in [1.807, 2.05) is 0 Å². The van der Waals surface area contributed by atoms with E-state index < -0.39 is 6.36 Å². The number of benzene rings is 10. The van der Waals surface area contributed by atoms with E-state index in [1.54, 1.807) is 12.1 Å². The lowest BCUT2D eigenvalue weighted by Crippen LogP contribution is -2.17. The number of alkyl halides is 3. The Kier molecular flexibility index (Phi) is 39.5. The molecule has 0 saturated carbocycles. The largest absolute Gasteiger partial charge is 0.573 e. The van der Waals surface area contributed by atoms with E-state index >= 15 is 0 Å². The highest BCUT2D eigenvalue weighted by Gasteiger charge is 2.31. The molecule has 4 heteroatoms. The molecule has 0 aliphatic heterocycles. The molecule has 0 aliphatic rings. The predicted octanol–water partition coefficient (Wildman–Crippen LogP) is 33.6. The summed E-state index contributed by atoms with van der Waals surface area (Å²) in [5.74, 6) is -0.176. The Morgan fingerprint density at radius 3 is 0.826 bits per heavy atom. The van der Waals surface area contributed by atoms with Gasteiger partial charge >= 0.3 is 6.36 Å². The van der Waals surface area contributed by atoms with E-state index in [1.165, 1.54) is 119 Å². The third-order valence-electron chi connectivity index (χ3n) is 18.4. The average Bonchev–Trinajstić information content (AvgIpc) is 1.81. The quantitative estimate of drug-likeness (QED) is 0.125. The normalized spacial score (nSPS) is 11.9. The lowest BCUT2D eigenvalue weighted by molar-refractivity contribution is -0.274. The van der Waals surface area contributed by atoms with Crippen LogP contribution in [0.25, 0.3) is 22.3 Å². The summed E-state index contributed by atoms with van der Waals surface area (Å²) in [6, 6.07) is 84.8. The molecule has 115 heavy (non-hydrogen) atoms. The Hall–Kier alpha value is -8.21. The third-order valence-corrected chi connectivity index (χ3v) is 18.4. The SMILES string of the molecule is CC(C)(C)Cc1ccc(-c2ccccc2)cc1.CC(C)(C)Cc1ccc(C(C)(C)C)cc1.CC(C)(C)Cc1ccc(OC(F)(F)F)cc1.CC(C)(C)Cc1cccc(-c2ccccc2)c1.CC(C)(C)Cc1ccccc1.Cc1ccc(C)c(CC(C)(C)C)c1.Cc1ccc(CC(C)(C)C)cc1C.Cc1ccc(CC(C)(C)C)cc1C. The Labute approximate surface area is 702 Å². The molecule has 0 spiro atoms. The van der Waals surface area contributed by atoms with Crippen LogP contribution in [0.1, 0.15) is 270 Å². The van der Waals surface area contributed by atoms with Gasteiger partial charge in [0.25, 0.3) is 0 Å². The highest BCUT2D eigenvalue weighted by molar-refractivity contribution is 5.64. The van der Waals surface area contributed by atoms with E-state index in [-0.39, 0.29) is 16.6 Å². The van der Waals surface area contributed by atoms with Gasteiger partial charge in [-0.15, -0.1) is 13.2 Å². The molecule has 626 valence electrons. The van der Waals surface area contributed by atoms with E-state index in [4.69, 9.17) is 0 Å². The molecule has 1 nitrogen and oxygen atoms in total. The fourth-order valence-corrected chi connectivity index (χ4v) is 13.1. The summed E-state index contributed by atoms with van der Waals surface area (Å²) in [7, 11) is 0. The summed E-state index contributed by atoms with van der Waals surface area (Å²) < 4.78 is 39.5. The van der Waals surface area contributed by atoms with Crippen LogP contribution >= 0.6 is 0 Å². The second kappa shape index (κ2) is 44.9. The lowest BCUT2D eigenvalue weighted by Gasteiger charge is -2.21. The summed E-state index contributed by atoms with van der Waals surface area (Å²) in [6.45, 7) is 73.9. The Morgan fingerprint density at radius 2 is 0.487 bits per heavy atom. The highest BCUT2D eigenvalue weighted by atomic mass is 19.4. The molecule has 0 bridgehead atoms. The number of aryl methyl sites for hydroxylation is 6. The summed E-state index contributed by atoms with van der Waals surface area (Å²) >= 11 is 0. The molecule has 0 N–H and O–H groups in total. The summed E-state index contributed by atoms with van der Waals surface area (Å²) in [4.78, 5) is 0. The van der Waals surface area contributed by atoms with Gasteiger partial charge in [-0.05, 0) is 254 Å². The molecule has 10 aromatic rings. The maximum absolute atomic E-state index is 11.9. The second-order valence-electron chi connectivity index (χ2n) is 42.9. The van der Waals surface area contributed by atoms with Crippen molar-refractivity contribution in [2.24, 2.45) is 43.3 Å². The Bertz CT molecular complexity index is 4260. The number of hydrogen-bond acceptors (Lipinski definition) is 1. The number of ether oxygens (including phenoxy) is 1. The van der Waals surface area contributed by atoms with Gasteiger partial charge in [0.05, 0.1) is 0 Å². The van der Waals surface area contributed by atoms with Crippen molar-refractivity contribution >= 4 is 0 Å². The molecule has 0 saturated heterocycles. The summed E-state index contributed by atoms with van der Waals surface area (Å²) in [5, 5.41) is 0. The molecule has 10 rings (SSSR count). The monoisotopic (exact) mass is 1560 g/mol. The molecule has 0 atom stereocenters. The minimum absolute atomic E-state index is 0.117. The lowest BCUT2D eigenvalue weighted by atomic mass is 9.84. The van der Waals surface area contributed by atoms with Crippen molar-refractivity contribution in [2.75, 3.05) is 0 Å². The Balaban J connectivity index is 0.000000341. The van der Waals surface area contributed by atoms with Gasteiger partial charge in [-0.25, -0.2) is 0 Å². The highest BCUT2D eigenvalue weighted by Crippen LogP contribution is 2.32. The topological polar surface area (TPSA) is 9.23 Å². The molecular weight excluding hydrogens is 1410 g/mol. The fourth-order valence-electron chi connectivity index (χ4n) is 13.1. The van der Waals surface area contributed by atoms with E-state index in [9.17, 15) is 13.2 Å². The Morgan fingerprint density at radius 1 is 0.217 bits per heavy atom. The van der Waals surface area contributed by atoms with Gasteiger partial charge in [0.15, 0.2) is 0 Å². The first kappa shape index (κ1) is 101. The maximum atomic E-state index is 11.9. The van der Waals surface area contributed by atoms with Crippen LogP contribution in [-0.4, -0.2) is 6.36 Å². The minimum Gasteiger partial charge on any atom is -0.406 e. The molecule has 0 unspecified atom stereocenters. The van der Waals surface area contributed by atoms with Gasteiger partial charge in [0, 0.05) is 0 Å². The van der Waals surface area contributed by atoms with E-state index in [0.29, 0.717) is 37.9 Å². The van der Waals surface area contributed by atoms with Gasteiger partial charge < -0.3 is 4.74 Å². The smallest absolute Gasteiger partial charge is 0.406 e. The minimum atomic E-state index is -4.62. The first-order valence-corrected chi connectivity index (χ1v) is 42.1. The maximum Gasteiger partial charge on any atom is 0.573 e. The van der Waals surface area contributed by atoms with Crippen molar-refractivity contribution in [1.82, 2.24) is 0 Å². The van der Waals surface area contributed by atoms with Gasteiger partial charge in [-0.3, -0.25) is 0 Å². The number of rotatable bonds is 11. The zero-order valence-electron chi connectivity index (χ0n) is 78.3. The fraction of sp³-hybridized carbons (Fsp3) is 0.459. The van der Waals surface area contributed by atoms with Crippen LogP contribution in [-0.2, 0) is 56.8 Å². The summed E-state index contributed by atoms with van der Waals surface area (Å²) in [5.41, 5.74) is 29.1. The molecule has 10 aromatic carbocycles. The summed E-state index contributed by atoms with van der Waals surface area (Å²) in [6.07, 6.45) is 4.24. The first-order valence-electron chi connectivity index (χ1n) is 42.1. The van der Waals surface area contributed by atoms with Crippen molar-refractivity contribution < 1.29 is 17.9 Å². The number of hydrogen-bond donors (Lipinski definition) is 0. The van der Waals surface area contributed by atoms with Crippen LogP contribution in [0.4, 0.5) is 13.2 Å². The molecule has 0 aromatic heterocycles. The van der Waals surface area contributed by atoms with Gasteiger partial charge in [-0.1, -0.05) is 423 Å². The van der Waals surface area contributed by atoms with Crippen LogP contribution in [0.3, 0.4) is 0 Å². The average molecular weight is 1560 g/mol. The molecule has 0 heterocycles. The van der Waals surface area contributed by atoms with Crippen molar-refractivity contribution in [3.05, 3.63) is 326 Å². The van der Waals surface area contributed by atoms with E-state index in [0.717, 1.165) is 50.5 Å². The molecule has 0 amide bonds. The second-order valence-corrected chi connectivity index (χ2v) is 42.9. The first-order chi connectivity index (χ1) is 52.7. The molecule has 0 aliphatic carbocycles.